The highest BCUT2D eigenvalue weighted by Gasteiger charge is 2.26. The Morgan fingerprint density at radius 3 is 1.89 bits per heavy atom. The standard InChI is InChI=1S/C21H23Cl2NO4/c1-12(2)7-18(20(25)26)24-19(21(27)28)8-13-3-5-14(6-4-13)15-9-16(22)11-17(23)10-15/h3-6,9-12,18-19,24H,7-8H2,1-2H3,(H,25,26)(H,27,28)/t18-,19?/m0/s1. The third-order valence-corrected chi connectivity index (χ3v) is 4.73. The number of carbonyl (C=O) groups is 2. The number of rotatable bonds is 9. The van der Waals surface area contributed by atoms with Gasteiger partial charge in [0.25, 0.3) is 0 Å². The Kier molecular flexibility index (Phi) is 7.87. The molecule has 0 amide bonds. The molecule has 7 heteroatoms. The molecule has 0 heterocycles. The molecule has 3 N–H and O–H groups in total. The van der Waals surface area contributed by atoms with E-state index < -0.39 is 24.0 Å². The lowest BCUT2D eigenvalue weighted by Crippen LogP contribution is -2.48. The maximum absolute atomic E-state index is 11.6. The lowest BCUT2D eigenvalue weighted by Gasteiger charge is -2.22. The third kappa shape index (κ3) is 6.51. The normalized spacial score (nSPS) is 13.3. The molecule has 0 saturated carbocycles. The monoisotopic (exact) mass is 423 g/mol. The van der Waals surface area contributed by atoms with Crippen LogP contribution >= 0.6 is 23.2 Å². The van der Waals surface area contributed by atoms with E-state index in [0.717, 1.165) is 16.7 Å². The molecule has 0 aromatic heterocycles. The molecule has 2 aromatic rings. The SMILES string of the molecule is CC(C)C[C@H](NC(Cc1ccc(-c2cc(Cl)cc(Cl)c2)cc1)C(=O)O)C(=O)O. The molecule has 2 atom stereocenters. The van der Waals surface area contributed by atoms with Gasteiger partial charge in [0.15, 0.2) is 0 Å². The summed E-state index contributed by atoms with van der Waals surface area (Å²) in [4.78, 5) is 23.1. The molecule has 2 rings (SSSR count). The topological polar surface area (TPSA) is 86.6 Å². The Morgan fingerprint density at radius 1 is 0.893 bits per heavy atom. The molecule has 150 valence electrons. The predicted octanol–water partition coefficient (Wildman–Crippen LogP) is 4.75. The number of carboxylic acids is 2. The summed E-state index contributed by atoms with van der Waals surface area (Å²) in [6.45, 7) is 3.79. The van der Waals surface area contributed by atoms with Crippen LogP contribution in [0.15, 0.2) is 42.5 Å². The summed E-state index contributed by atoms with van der Waals surface area (Å²) in [6, 6.07) is 10.7. The van der Waals surface area contributed by atoms with Crippen molar-refractivity contribution in [2.45, 2.75) is 38.8 Å². The van der Waals surface area contributed by atoms with E-state index in [1.807, 2.05) is 38.1 Å². The molecular formula is C21H23Cl2NO4. The van der Waals surface area contributed by atoms with Crippen molar-refractivity contribution in [3.63, 3.8) is 0 Å². The first-order valence-electron chi connectivity index (χ1n) is 8.92. The van der Waals surface area contributed by atoms with Crippen molar-refractivity contribution in [3.8, 4) is 11.1 Å². The van der Waals surface area contributed by atoms with Gasteiger partial charge in [-0.3, -0.25) is 14.9 Å². The molecule has 0 aliphatic rings. The van der Waals surface area contributed by atoms with Gasteiger partial charge in [-0.15, -0.1) is 0 Å². The second kappa shape index (κ2) is 9.92. The van der Waals surface area contributed by atoms with Gasteiger partial charge in [0.2, 0.25) is 0 Å². The van der Waals surface area contributed by atoms with Crippen molar-refractivity contribution in [2.75, 3.05) is 0 Å². The highest BCUT2D eigenvalue weighted by atomic mass is 35.5. The van der Waals surface area contributed by atoms with E-state index >= 15 is 0 Å². The van der Waals surface area contributed by atoms with E-state index in [2.05, 4.69) is 5.32 Å². The van der Waals surface area contributed by atoms with E-state index in [1.54, 1.807) is 18.2 Å². The molecule has 0 fully saturated rings. The first-order valence-corrected chi connectivity index (χ1v) is 9.68. The number of aliphatic carboxylic acids is 2. The molecule has 0 aliphatic carbocycles. The van der Waals surface area contributed by atoms with Crippen molar-refractivity contribution < 1.29 is 19.8 Å². The Morgan fingerprint density at radius 2 is 1.43 bits per heavy atom. The first-order chi connectivity index (χ1) is 13.2. The minimum absolute atomic E-state index is 0.131. The van der Waals surface area contributed by atoms with Crippen molar-refractivity contribution >= 4 is 35.1 Å². The van der Waals surface area contributed by atoms with E-state index in [0.29, 0.717) is 16.5 Å². The lowest BCUT2D eigenvalue weighted by atomic mass is 9.98. The number of benzene rings is 2. The van der Waals surface area contributed by atoms with Crippen LogP contribution in [0, 0.1) is 5.92 Å². The van der Waals surface area contributed by atoms with Crippen molar-refractivity contribution in [3.05, 3.63) is 58.1 Å². The van der Waals surface area contributed by atoms with Gasteiger partial charge in [-0.1, -0.05) is 61.3 Å². The van der Waals surface area contributed by atoms with E-state index in [1.165, 1.54) is 0 Å². The van der Waals surface area contributed by atoms with Gasteiger partial charge in [0.1, 0.15) is 12.1 Å². The summed E-state index contributed by atoms with van der Waals surface area (Å²) >= 11 is 12.1. The highest BCUT2D eigenvalue weighted by molar-refractivity contribution is 6.35. The molecule has 0 radical (unpaired) electrons. The number of nitrogens with one attached hydrogen (secondary N) is 1. The largest absolute Gasteiger partial charge is 0.480 e. The van der Waals surface area contributed by atoms with Crippen LogP contribution in [-0.4, -0.2) is 34.2 Å². The average molecular weight is 424 g/mol. The second-order valence-electron chi connectivity index (χ2n) is 7.14. The number of halogens is 2. The van der Waals surface area contributed by atoms with E-state index in [4.69, 9.17) is 23.2 Å². The van der Waals surface area contributed by atoms with Crippen molar-refractivity contribution in [1.82, 2.24) is 5.32 Å². The average Bonchev–Trinajstić information content (AvgIpc) is 2.59. The van der Waals surface area contributed by atoms with Gasteiger partial charge in [0.05, 0.1) is 0 Å². The number of hydrogen-bond acceptors (Lipinski definition) is 3. The van der Waals surface area contributed by atoms with Crippen LogP contribution in [0.4, 0.5) is 0 Å². The van der Waals surface area contributed by atoms with Gasteiger partial charge < -0.3 is 10.2 Å². The summed E-state index contributed by atoms with van der Waals surface area (Å²) in [6.07, 6.45) is 0.529. The Bertz CT molecular complexity index is 817. The maximum Gasteiger partial charge on any atom is 0.321 e. The molecule has 5 nitrogen and oxygen atoms in total. The van der Waals surface area contributed by atoms with Gasteiger partial charge in [-0.05, 0) is 53.6 Å². The van der Waals surface area contributed by atoms with Crippen LogP contribution in [0.2, 0.25) is 10.0 Å². The zero-order valence-corrected chi connectivity index (χ0v) is 17.2. The van der Waals surface area contributed by atoms with Crippen molar-refractivity contribution in [1.29, 1.82) is 0 Å². The Labute approximate surface area is 174 Å². The lowest BCUT2D eigenvalue weighted by molar-refractivity contribution is -0.142. The van der Waals surface area contributed by atoms with Crippen LogP contribution in [-0.2, 0) is 16.0 Å². The van der Waals surface area contributed by atoms with Gasteiger partial charge in [0, 0.05) is 10.0 Å². The van der Waals surface area contributed by atoms with Crippen molar-refractivity contribution in [2.24, 2.45) is 5.92 Å². The zero-order chi connectivity index (χ0) is 20.8. The summed E-state index contributed by atoms with van der Waals surface area (Å²) < 4.78 is 0. The fourth-order valence-corrected chi connectivity index (χ4v) is 3.49. The maximum atomic E-state index is 11.6. The van der Waals surface area contributed by atoms with Crippen LogP contribution in [0.5, 0.6) is 0 Å². The Balaban J connectivity index is 2.15. The minimum atomic E-state index is -1.08. The highest BCUT2D eigenvalue weighted by Crippen LogP contribution is 2.27. The summed E-state index contributed by atoms with van der Waals surface area (Å²) in [7, 11) is 0. The van der Waals surface area contributed by atoms with Gasteiger partial charge in [-0.2, -0.15) is 0 Å². The van der Waals surface area contributed by atoms with Crippen LogP contribution < -0.4 is 5.32 Å². The molecular weight excluding hydrogens is 401 g/mol. The molecule has 0 spiro atoms. The van der Waals surface area contributed by atoms with Gasteiger partial charge >= 0.3 is 11.9 Å². The third-order valence-electron chi connectivity index (χ3n) is 4.30. The number of carboxylic acid groups (broad SMARTS) is 2. The van der Waals surface area contributed by atoms with Gasteiger partial charge in [-0.25, -0.2) is 0 Å². The molecule has 2 aromatic carbocycles. The van der Waals surface area contributed by atoms with E-state index in [9.17, 15) is 19.8 Å². The molecule has 1 unspecified atom stereocenters. The fourth-order valence-electron chi connectivity index (χ4n) is 2.96. The molecule has 0 aliphatic heterocycles. The predicted molar refractivity (Wildman–Crippen MR) is 111 cm³/mol. The fraction of sp³-hybridized carbons (Fsp3) is 0.333. The van der Waals surface area contributed by atoms with Crippen LogP contribution in [0.25, 0.3) is 11.1 Å². The quantitative estimate of drug-likeness (QED) is 0.541. The smallest absolute Gasteiger partial charge is 0.321 e. The Hall–Kier alpha value is -2.08. The first kappa shape index (κ1) is 22.2. The van der Waals surface area contributed by atoms with E-state index in [-0.39, 0.29) is 12.3 Å². The number of hydrogen-bond donors (Lipinski definition) is 3. The minimum Gasteiger partial charge on any atom is -0.480 e. The van der Waals surface area contributed by atoms with Crippen LogP contribution in [0.1, 0.15) is 25.8 Å². The van der Waals surface area contributed by atoms with Crippen LogP contribution in [0.3, 0.4) is 0 Å². The summed E-state index contributed by atoms with van der Waals surface area (Å²) in [5.41, 5.74) is 2.54. The molecule has 0 bridgehead atoms. The summed E-state index contributed by atoms with van der Waals surface area (Å²) in [5.74, 6) is -2.00. The zero-order valence-electron chi connectivity index (χ0n) is 15.7. The second-order valence-corrected chi connectivity index (χ2v) is 8.01. The molecule has 0 saturated heterocycles. The summed E-state index contributed by atoms with van der Waals surface area (Å²) in [5, 5.41) is 22.7. The molecule has 28 heavy (non-hydrogen) atoms.